The van der Waals surface area contributed by atoms with Crippen LogP contribution in [0.25, 0.3) is 5.76 Å². The molecule has 0 radical (unpaired) electrons. The van der Waals surface area contributed by atoms with E-state index in [9.17, 15) is 14.7 Å². The maximum absolute atomic E-state index is 13.2. The van der Waals surface area contributed by atoms with Gasteiger partial charge in [-0.2, -0.15) is 0 Å². The number of hydrogen-bond donors (Lipinski definition) is 1. The second-order valence-electron chi connectivity index (χ2n) is 9.48. The number of ketones is 1. The summed E-state index contributed by atoms with van der Waals surface area (Å²) in [5, 5.41) is 11.3. The number of hydrogen-bond acceptors (Lipinski definition) is 5. The summed E-state index contributed by atoms with van der Waals surface area (Å²) in [6.07, 6.45) is 0.712. The Balaban J connectivity index is 1.68. The first-order chi connectivity index (χ1) is 17.8. The number of rotatable bonds is 9. The molecule has 3 aromatic carbocycles. The lowest BCUT2D eigenvalue weighted by atomic mass is 9.94. The Kier molecular flexibility index (Phi) is 7.97. The van der Waals surface area contributed by atoms with Gasteiger partial charge in [-0.3, -0.25) is 9.59 Å². The molecule has 1 aliphatic heterocycles. The Morgan fingerprint density at radius 3 is 2.32 bits per heavy atom. The molecular formula is C31H33NO5. The van der Waals surface area contributed by atoms with Crippen molar-refractivity contribution in [3.63, 3.8) is 0 Å². The number of Topliss-reactive ketones (excluding diaryl/α,β-unsaturated/α-hetero) is 1. The zero-order valence-electron chi connectivity index (χ0n) is 21.7. The maximum Gasteiger partial charge on any atom is 0.295 e. The average molecular weight is 500 g/mol. The molecule has 1 unspecified atom stereocenters. The van der Waals surface area contributed by atoms with Crippen molar-refractivity contribution in [2.45, 2.75) is 52.9 Å². The van der Waals surface area contributed by atoms with Gasteiger partial charge in [0.05, 0.1) is 17.7 Å². The van der Waals surface area contributed by atoms with Crippen LogP contribution in [0.3, 0.4) is 0 Å². The van der Waals surface area contributed by atoms with Gasteiger partial charge in [0.1, 0.15) is 23.9 Å². The summed E-state index contributed by atoms with van der Waals surface area (Å²) in [4.78, 5) is 27.7. The fraction of sp³-hybridized carbons (Fsp3) is 0.290. The van der Waals surface area contributed by atoms with Crippen LogP contribution in [0.5, 0.6) is 11.5 Å². The van der Waals surface area contributed by atoms with Gasteiger partial charge in [-0.25, -0.2) is 0 Å². The largest absolute Gasteiger partial charge is 0.507 e. The van der Waals surface area contributed by atoms with Crippen molar-refractivity contribution >= 4 is 17.4 Å². The number of likely N-dealkylation sites (tertiary alicyclic amines) is 1. The van der Waals surface area contributed by atoms with Crippen LogP contribution in [0.15, 0.2) is 78.4 Å². The van der Waals surface area contributed by atoms with E-state index in [0.29, 0.717) is 36.6 Å². The molecule has 0 bridgehead atoms. The lowest BCUT2D eigenvalue weighted by Gasteiger charge is -2.25. The number of amides is 1. The highest BCUT2D eigenvalue weighted by atomic mass is 16.5. The molecule has 3 aromatic rings. The standard InChI is InChI=1S/C31H33NO5/c1-5-17-32-28(23-11-14-25(15-12-23)37-20(2)3)27(30(34)31(32)35)29(33)24-13-16-26(21(4)18-24)36-19-22-9-7-6-8-10-22/h6-16,18,20,28,33H,5,17,19H2,1-4H3/b29-27-. The van der Waals surface area contributed by atoms with Gasteiger partial charge in [0.15, 0.2) is 0 Å². The van der Waals surface area contributed by atoms with Crippen molar-refractivity contribution in [2.75, 3.05) is 6.54 Å². The van der Waals surface area contributed by atoms with Crippen molar-refractivity contribution in [2.24, 2.45) is 0 Å². The molecule has 192 valence electrons. The third-order valence-corrected chi connectivity index (χ3v) is 6.26. The van der Waals surface area contributed by atoms with Crippen molar-refractivity contribution in [1.82, 2.24) is 4.90 Å². The number of aryl methyl sites for hydroxylation is 1. The van der Waals surface area contributed by atoms with E-state index in [2.05, 4.69) is 0 Å². The van der Waals surface area contributed by atoms with E-state index in [1.54, 1.807) is 18.2 Å². The normalized spacial score (nSPS) is 16.9. The van der Waals surface area contributed by atoms with Crippen molar-refractivity contribution < 1.29 is 24.2 Å². The lowest BCUT2D eigenvalue weighted by Crippen LogP contribution is -2.30. The molecule has 1 N–H and O–H groups in total. The zero-order valence-corrected chi connectivity index (χ0v) is 21.7. The first-order valence-corrected chi connectivity index (χ1v) is 12.6. The molecular weight excluding hydrogens is 466 g/mol. The average Bonchev–Trinajstić information content (AvgIpc) is 3.13. The van der Waals surface area contributed by atoms with Crippen molar-refractivity contribution in [3.05, 3.63) is 101 Å². The minimum Gasteiger partial charge on any atom is -0.507 e. The number of ether oxygens (including phenoxy) is 2. The highest BCUT2D eigenvalue weighted by Crippen LogP contribution is 2.40. The molecule has 1 fully saturated rings. The Morgan fingerprint density at radius 1 is 1.00 bits per heavy atom. The van der Waals surface area contributed by atoms with Gasteiger partial charge in [0.2, 0.25) is 0 Å². The Bertz CT molecular complexity index is 1290. The van der Waals surface area contributed by atoms with Crippen LogP contribution in [-0.2, 0) is 16.2 Å². The van der Waals surface area contributed by atoms with Crippen LogP contribution < -0.4 is 9.47 Å². The molecule has 4 rings (SSSR count). The van der Waals surface area contributed by atoms with Crippen LogP contribution in [-0.4, -0.2) is 34.3 Å². The van der Waals surface area contributed by atoms with E-state index >= 15 is 0 Å². The van der Waals surface area contributed by atoms with E-state index in [1.807, 2.05) is 82.3 Å². The predicted octanol–water partition coefficient (Wildman–Crippen LogP) is 6.19. The van der Waals surface area contributed by atoms with Gasteiger partial charge in [0.25, 0.3) is 11.7 Å². The zero-order chi connectivity index (χ0) is 26.5. The number of aliphatic hydroxyl groups excluding tert-OH is 1. The third kappa shape index (κ3) is 5.69. The quantitative estimate of drug-likeness (QED) is 0.216. The van der Waals surface area contributed by atoms with E-state index in [1.165, 1.54) is 4.90 Å². The van der Waals surface area contributed by atoms with Gasteiger partial charge in [0, 0.05) is 12.1 Å². The molecule has 1 amide bonds. The summed E-state index contributed by atoms with van der Waals surface area (Å²) < 4.78 is 11.7. The Hall–Kier alpha value is -4.06. The van der Waals surface area contributed by atoms with Crippen LogP contribution >= 0.6 is 0 Å². The second-order valence-corrected chi connectivity index (χ2v) is 9.48. The molecule has 6 heteroatoms. The molecule has 6 nitrogen and oxygen atoms in total. The van der Waals surface area contributed by atoms with E-state index < -0.39 is 17.7 Å². The summed E-state index contributed by atoms with van der Waals surface area (Å²) in [5.41, 5.74) is 3.16. The smallest absolute Gasteiger partial charge is 0.295 e. The summed E-state index contributed by atoms with van der Waals surface area (Å²) in [6.45, 7) is 8.56. The number of benzene rings is 3. The highest BCUT2D eigenvalue weighted by molar-refractivity contribution is 6.46. The SMILES string of the molecule is CCCN1C(=O)C(=O)/C(=C(\O)c2ccc(OCc3ccccc3)c(C)c2)C1c1ccc(OC(C)C)cc1. The molecule has 1 aliphatic rings. The van der Waals surface area contributed by atoms with E-state index in [0.717, 1.165) is 16.7 Å². The van der Waals surface area contributed by atoms with Gasteiger partial charge < -0.3 is 19.5 Å². The first kappa shape index (κ1) is 26.0. The van der Waals surface area contributed by atoms with E-state index in [-0.39, 0.29) is 17.4 Å². The van der Waals surface area contributed by atoms with Crippen LogP contribution in [0.1, 0.15) is 55.5 Å². The predicted molar refractivity (Wildman–Crippen MR) is 143 cm³/mol. The summed E-state index contributed by atoms with van der Waals surface area (Å²) in [7, 11) is 0. The van der Waals surface area contributed by atoms with Crippen LogP contribution in [0.4, 0.5) is 0 Å². The van der Waals surface area contributed by atoms with Gasteiger partial charge >= 0.3 is 0 Å². The topological polar surface area (TPSA) is 76.1 Å². The molecule has 0 spiro atoms. The highest BCUT2D eigenvalue weighted by Gasteiger charge is 2.45. The minimum absolute atomic E-state index is 0.0273. The fourth-order valence-electron chi connectivity index (χ4n) is 4.55. The van der Waals surface area contributed by atoms with Gasteiger partial charge in [-0.15, -0.1) is 0 Å². The summed E-state index contributed by atoms with van der Waals surface area (Å²) in [5.74, 6) is -0.0878. The van der Waals surface area contributed by atoms with Gasteiger partial charge in [-0.05, 0) is 74.2 Å². The van der Waals surface area contributed by atoms with Crippen LogP contribution in [0.2, 0.25) is 0 Å². The first-order valence-electron chi connectivity index (χ1n) is 12.6. The summed E-state index contributed by atoms with van der Waals surface area (Å²) >= 11 is 0. The third-order valence-electron chi connectivity index (χ3n) is 6.26. The summed E-state index contributed by atoms with van der Waals surface area (Å²) in [6, 6.07) is 21.8. The molecule has 0 aromatic heterocycles. The number of carbonyl (C=O) groups excluding carboxylic acids is 2. The minimum atomic E-state index is -0.680. The number of aliphatic hydroxyl groups is 1. The molecule has 37 heavy (non-hydrogen) atoms. The molecule has 1 saturated heterocycles. The lowest BCUT2D eigenvalue weighted by molar-refractivity contribution is -0.139. The van der Waals surface area contributed by atoms with Crippen LogP contribution in [0, 0.1) is 6.92 Å². The number of carbonyl (C=O) groups is 2. The molecule has 1 heterocycles. The van der Waals surface area contributed by atoms with Gasteiger partial charge in [-0.1, -0.05) is 49.4 Å². The van der Waals surface area contributed by atoms with Crippen molar-refractivity contribution in [3.8, 4) is 11.5 Å². The Labute approximate surface area is 218 Å². The van der Waals surface area contributed by atoms with E-state index in [4.69, 9.17) is 9.47 Å². The maximum atomic E-state index is 13.2. The second kappa shape index (κ2) is 11.3. The number of nitrogens with zero attached hydrogens (tertiary/aromatic N) is 1. The molecule has 0 aliphatic carbocycles. The molecule has 1 atom stereocenters. The Morgan fingerprint density at radius 2 is 1.70 bits per heavy atom. The fourth-order valence-corrected chi connectivity index (χ4v) is 4.55. The molecule has 0 saturated carbocycles. The monoisotopic (exact) mass is 499 g/mol. The van der Waals surface area contributed by atoms with Crippen molar-refractivity contribution in [1.29, 1.82) is 0 Å².